The van der Waals surface area contributed by atoms with Crippen LogP contribution >= 0.6 is 11.6 Å². The van der Waals surface area contributed by atoms with Crippen molar-refractivity contribution in [3.8, 4) is 11.5 Å². The molecule has 1 saturated carbocycles. The van der Waals surface area contributed by atoms with Crippen LogP contribution in [0.4, 0.5) is 0 Å². The van der Waals surface area contributed by atoms with Gasteiger partial charge in [-0.25, -0.2) is 0 Å². The molecule has 1 aromatic carbocycles. The maximum atomic E-state index is 6.21. The van der Waals surface area contributed by atoms with E-state index in [-0.39, 0.29) is 0 Å². The molecule has 1 fully saturated rings. The van der Waals surface area contributed by atoms with Gasteiger partial charge >= 0.3 is 0 Å². The van der Waals surface area contributed by atoms with Crippen LogP contribution in [-0.2, 0) is 0 Å². The number of rotatable bonds is 3. The lowest BCUT2D eigenvalue weighted by atomic mass is 9.95. The largest absolute Gasteiger partial charge is 0.489 e. The van der Waals surface area contributed by atoms with Gasteiger partial charge in [0.1, 0.15) is 0 Å². The summed E-state index contributed by atoms with van der Waals surface area (Å²) in [7, 11) is 0. The van der Waals surface area contributed by atoms with Crippen LogP contribution in [0.5, 0.6) is 11.5 Å². The number of fused-ring (bicyclic) bond motifs is 1. The molecule has 3 rings (SSSR count). The summed E-state index contributed by atoms with van der Waals surface area (Å²) in [6, 6.07) is 3.99. The second-order valence-electron chi connectivity index (χ2n) is 5.09. The first kappa shape index (κ1) is 14.5. The predicted octanol–water partition coefficient (Wildman–Crippen LogP) is 5.04. The Morgan fingerprint density at radius 2 is 2.00 bits per heavy atom. The average molecular weight is 283 g/mol. The number of hydrogen-bond acceptors (Lipinski definition) is 2. The van der Waals surface area contributed by atoms with Crippen LogP contribution in [0.1, 0.15) is 51.5 Å². The quantitative estimate of drug-likeness (QED) is 0.773. The Balaban J connectivity index is 0.000000637. The van der Waals surface area contributed by atoms with Crippen molar-refractivity contribution in [3.63, 3.8) is 0 Å². The van der Waals surface area contributed by atoms with Gasteiger partial charge in [-0.3, -0.25) is 0 Å². The maximum absolute atomic E-state index is 6.21. The monoisotopic (exact) mass is 282 g/mol. The lowest BCUT2D eigenvalue weighted by Gasteiger charge is -2.25. The Bertz CT molecular complexity index is 427. The molecule has 1 aliphatic carbocycles. The fraction of sp³-hybridized carbons (Fsp3) is 0.625. The molecule has 0 N–H and O–H groups in total. The molecular formula is C16H23ClO2. The highest BCUT2D eigenvalue weighted by Crippen LogP contribution is 2.45. The average Bonchev–Trinajstić information content (AvgIpc) is 3.24. The zero-order valence-corrected chi connectivity index (χ0v) is 12.8. The summed E-state index contributed by atoms with van der Waals surface area (Å²) in [5, 5.41) is 0.665. The van der Waals surface area contributed by atoms with Crippen molar-refractivity contribution in [2.45, 2.75) is 46.0 Å². The number of hydrogen-bond donors (Lipinski definition) is 0. The third-order valence-electron chi connectivity index (χ3n) is 3.58. The van der Waals surface area contributed by atoms with E-state index in [1.54, 1.807) is 0 Å². The van der Waals surface area contributed by atoms with Gasteiger partial charge in [0.05, 0.1) is 18.2 Å². The Morgan fingerprint density at radius 3 is 2.68 bits per heavy atom. The molecule has 19 heavy (non-hydrogen) atoms. The van der Waals surface area contributed by atoms with Crippen molar-refractivity contribution in [2.24, 2.45) is 5.92 Å². The van der Waals surface area contributed by atoms with Crippen molar-refractivity contribution in [2.75, 3.05) is 13.2 Å². The molecule has 0 saturated heterocycles. The fourth-order valence-corrected chi connectivity index (χ4v) is 2.41. The van der Waals surface area contributed by atoms with E-state index in [1.165, 1.54) is 18.4 Å². The van der Waals surface area contributed by atoms with Gasteiger partial charge in [0.25, 0.3) is 0 Å². The molecule has 2 aliphatic rings. The summed E-state index contributed by atoms with van der Waals surface area (Å²) < 4.78 is 11.6. The number of benzene rings is 1. The van der Waals surface area contributed by atoms with E-state index >= 15 is 0 Å². The van der Waals surface area contributed by atoms with Gasteiger partial charge in [0.2, 0.25) is 0 Å². The first-order valence-corrected chi connectivity index (χ1v) is 7.71. The zero-order chi connectivity index (χ0) is 13.8. The molecule has 0 bridgehead atoms. The Hall–Kier alpha value is -0.890. The third kappa shape index (κ3) is 3.36. The highest BCUT2D eigenvalue weighted by Gasteiger charge is 2.26. The smallest absolute Gasteiger partial charge is 0.180 e. The maximum Gasteiger partial charge on any atom is 0.180 e. The Labute approximate surface area is 121 Å². The summed E-state index contributed by atoms with van der Waals surface area (Å²) in [4.78, 5) is 0. The van der Waals surface area contributed by atoms with Gasteiger partial charge in [-0.05, 0) is 37.2 Å². The zero-order valence-electron chi connectivity index (χ0n) is 12.0. The summed E-state index contributed by atoms with van der Waals surface area (Å²) in [5.41, 5.74) is 1.23. The molecular weight excluding hydrogens is 260 g/mol. The standard InChI is InChI=1S/C14H17ClO2.C2H6/c1-9-6-7-16-13-11(9)4-5-12(15)14(13)17-8-10-2-3-10;1-2/h4-5,9-10H,2-3,6-8H2,1H3;1-2H3/t9-;/m0./s1. The van der Waals surface area contributed by atoms with Crippen molar-refractivity contribution in [1.29, 1.82) is 0 Å². The molecule has 1 aromatic rings. The SMILES string of the molecule is CC.C[C@H]1CCOc2c1ccc(Cl)c2OCC1CC1. The molecule has 2 nitrogen and oxygen atoms in total. The van der Waals surface area contributed by atoms with Crippen LogP contribution in [0.15, 0.2) is 12.1 Å². The van der Waals surface area contributed by atoms with Crippen molar-refractivity contribution >= 4 is 11.6 Å². The summed E-state index contributed by atoms with van der Waals surface area (Å²) in [5.74, 6) is 2.88. The molecule has 1 aliphatic heterocycles. The van der Waals surface area contributed by atoms with Gasteiger partial charge in [-0.2, -0.15) is 0 Å². The topological polar surface area (TPSA) is 18.5 Å². The van der Waals surface area contributed by atoms with E-state index in [4.69, 9.17) is 21.1 Å². The molecule has 1 heterocycles. The normalized spacial score (nSPS) is 20.7. The van der Waals surface area contributed by atoms with Crippen LogP contribution in [0, 0.1) is 5.92 Å². The molecule has 0 amide bonds. The molecule has 0 radical (unpaired) electrons. The predicted molar refractivity (Wildman–Crippen MR) is 79.5 cm³/mol. The Morgan fingerprint density at radius 1 is 1.26 bits per heavy atom. The summed E-state index contributed by atoms with van der Waals surface area (Å²) in [6.45, 7) is 7.75. The first-order chi connectivity index (χ1) is 9.25. The van der Waals surface area contributed by atoms with Gasteiger partial charge in [0.15, 0.2) is 11.5 Å². The van der Waals surface area contributed by atoms with E-state index in [2.05, 4.69) is 13.0 Å². The van der Waals surface area contributed by atoms with E-state index < -0.39 is 0 Å². The van der Waals surface area contributed by atoms with Gasteiger partial charge in [0, 0.05) is 5.56 Å². The minimum atomic E-state index is 0.527. The van der Waals surface area contributed by atoms with Crippen LogP contribution < -0.4 is 9.47 Å². The fourth-order valence-electron chi connectivity index (χ4n) is 2.20. The number of ether oxygens (including phenoxy) is 2. The summed E-state index contributed by atoms with van der Waals surface area (Å²) >= 11 is 6.21. The van der Waals surface area contributed by atoms with Gasteiger partial charge < -0.3 is 9.47 Å². The minimum Gasteiger partial charge on any atom is -0.489 e. The van der Waals surface area contributed by atoms with E-state index in [1.807, 2.05) is 19.9 Å². The molecule has 0 unspecified atom stereocenters. The van der Waals surface area contributed by atoms with Crippen LogP contribution in [0.25, 0.3) is 0 Å². The van der Waals surface area contributed by atoms with Crippen molar-refractivity contribution in [1.82, 2.24) is 0 Å². The molecule has 3 heteroatoms. The van der Waals surface area contributed by atoms with Crippen molar-refractivity contribution < 1.29 is 9.47 Å². The second-order valence-corrected chi connectivity index (χ2v) is 5.49. The van der Waals surface area contributed by atoms with Gasteiger partial charge in [-0.1, -0.05) is 38.4 Å². The van der Waals surface area contributed by atoms with Crippen LogP contribution in [0.3, 0.4) is 0 Å². The minimum absolute atomic E-state index is 0.527. The lowest BCUT2D eigenvalue weighted by Crippen LogP contribution is -2.14. The van der Waals surface area contributed by atoms with E-state index in [9.17, 15) is 0 Å². The van der Waals surface area contributed by atoms with Crippen molar-refractivity contribution in [3.05, 3.63) is 22.7 Å². The first-order valence-electron chi connectivity index (χ1n) is 7.33. The Kier molecular flexibility index (Phi) is 4.98. The number of halogens is 1. The lowest BCUT2D eigenvalue weighted by molar-refractivity contribution is 0.236. The molecule has 1 atom stereocenters. The molecule has 0 aromatic heterocycles. The molecule has 106 valence electrons. The highest BCUT2D eigenvalue weighted by atomic mass is 35.5. The van der Waals surface area contributed by atoms with Crippen LogP contribution in [-0.4, -0.2) is 13.2 Å². The third-order valence-corrected chi connectivity index (χ3v) is 3.88. The van der Waals surface area contributed by atoms with Gasteiger partial charge in [-0.15, -0.1) is 0 Å². The second kappa shape index (κ2) is 6.51. The van der Waals surface area contributed by atoms with E-state index in [0.717, 1.165) is 37.1 Å². The van der Waals surface area contributed by atoms with Crippen LogP contribution in [0.2, 0.25) is 5.02 Å². The molecule has 0 spiro atoms. The summed E-state index contributed by atoms with van der Waals surface area (Å²) in [6.07, 6.45) is 3.63. The highest BCUT2D eigenvalue weighted by molar-refractivity contribution is 6.32. The van der Waals surface area contributed by atoms with E-state index in [0.29, 0.717) is 10.9 Å².